The molecule has 2 aromatic carbocycles. The van der Waals surface area contributed by atoms with Gasteiger partial charge >= 0.3 is 0 Å². The molecule has 2 aromatic rings. The minimum Gasteiger partial charge on any atom is -0.345 e. The molecule has 1 heteroatoms. The maximum Gasteiger partial charge on any atom is 0.0456 e. The lowest BCUT2D eigenvalue weighted by molar-refractivity contribution is 0.623. The van der Waals surface area contributed by atoms with E-state index in [4.69, 9.17) is 0 Å². The molecule has 0 spiro atoms. The predicted molar refractivity (Wildman–Crippen MR) is 92.9 cm³/mol. The molecule has 0 radical (unpaired) electrons. The van der Waals surface area contributed by atoms with E-state index >= 15 is 0 Å². The van der Waals surface area contributed by atoms with Crippen LogP contribution in [0.3, 0.4) is 0 Å². The first kappa shape index (κ1) is 14.2. The number of allylic oxidation sites excluding steroid dienone is 2. The lowest BCUT2D eigenvalue weighted by Crippen LogP contribution is -2.26. The smallest absolute Gasteiger partial charge is 0.0456 e. The molecule has 0 bridgehead atoms. The van der Waals surface area contributed by atoms with Crippen LogP contribution in [0.5, 0.6) is 0 Å². The van der Waals surface area contributed by atoms with Crippen LogP contribution in [-0.2, 0) is 5.41 Å². The van der Waals surface area contributed by atoms with E-state index in [1.54, 1.807) is 0 Å². The molecule has 3 rings (SSSR count). The minimum atomic E-state index is 0.0659. The number of rotatable bonds is 2. The van der Waals surface area contributed by atoms with Crippen molar-refractivity contribution < 1.29 is 0 Å². The summed E-state index contributed by atoms with van der Waals surface area (Å²) in [7, 11) is 0. The van der Waals surface area contributed by atoms with Gasteiger partial charge in [0.15, 0.2) is 0 Å². The van der Waals surface area contributed by atoms with Crippen LogP contribution in [0.2, 0.25) is 0 Å². The highest BCUT2D eigenvalue weighted by atomic mass is 15.2. The molecule has 110 valence electrons. The summed E-state index contributed by atoms with van der Waals surface area (Å²) in [5, 5.41) is 2.73. The zero-order valence-corrected chi connectivity index (χ0v) is 13.8. The second kappa shape index (κ2) is 4.91. The fraction of sp³-hybridized carbons (Fsp3) is 0.400. The lowest BCUT2D eigenvalue weighted by atomic mass is 9.80. The van der Waals surface area contributed by atoms with Crippen LogP contribution in [0.15, 0.2) is 48.2 Å². The molecular formula is C20H25N. The zero-order chi connectivity index (χ0) is 15.2. The number of hydrogen-bond acceptors (Lipinski definition) is 1. The van der Waals surface area contributed by atoms with Crippen molar-refractivity contribution in [3.63, 3.8) is 0 Å². The molecule has 0 aliphatic carbocycles. The van der Waals surface area contributed by atoms with E-state index in [0.29, 0.717) is 5.92 Å². The van der Waals surface area contributed by atoms with Gasteiger partial charge in [0.25, 0.3) is 0 Å². The average Bonchev–Trinajstić information content (AvgIpc) is 2.66. The van der Waals surface area contributed by atoms with Gasteiger partial charge in [0, 0.05) is 23.3 Å². The number of nitrogens with zero attached hydrogens (tertiary/aromatic N) is 1. The van der Waals surface area contributed by atoms with Crippen LogP contribution < -0.4 is 4.90 Å². The molecule has 21 heavy (non-hydrogen) atoms. The third-order valence-corrected chi connectivity index (χ3v) is 4.56. The molecule has 0 atom stereocenters. The molecule has 0 aromatic heterocycles. The van der Waals surface area contributed by atoms with Crippen molar-refractivity contribution in [2.45, 2.75) is 40.0 Å². The molecule has 1 aliphatic rings. The first-order valence-electron chi connectivity index (χ1n) is 7.99. The third-order valence-electron chi connectivity index (χ3n) is 4.56. The van der Waals surface area contributed by atoms with Gasteiger partial charge in [-0.1, -0.05) is 64.1 Å². The average molecular weight is 279 g/mol. The first-order valence-corrected chi connectivity index (χ1v) is 7.99. The van der Waals surface area contributed by atoms with Crippen molar-refractivity contribution >= 4 is 16.5 Å². The number of fused-ring (bicyclic) bond motifs is 3. The van der Waals surface area contributed by atoms with Crippen molar-refractivity contribution in [2.75, 3.05) is 11.4 Å². The van der Waals surface area contributed by atoms with Gasteiger partial charge in [-0.25, -0.2) is 0 Å². The number of likely N-dealkylation sites (N-methyl/N-ethyl adjacent to an activating group) is 1. The quantitative estimate of drug-likeness (QED) is 0.702. The Bertz CT molecular complexity index is 707. The first-order chi connectivity index (χ1) is 9.96. The van der Waals surface area contributed by atoms with Crippen LogP contribution in [0.25, 0.3) is 10.8 Å². The molecule has 1 heterocycles. The van der Waals surface area contributed by atoms with Crippen LogP contribution in [0.1, 0.15) is 40.2 Å². The topological polar surface area (TPSA) is 3.24 Å². The van der Waals surface area contributed by atoms with Crippen LogP contribution in [0, 0.1) is 5.92 Å². The second-order valence-electron chi connectivity index (χ2n) is 6.85. The Labute approximate surface area is 128 Å². The minimum absolute atomic E-state index is 0.0659. The summed E-state index contributed by atoms with van der Waals surface area (Å²) in [6.45, 7) is 12.5. The fourth-order valence-electron chi connectivity index (χ4n) is 3.69. The Kier molecular flexibility index (Phi) is 3.32. The van der Waals surface area contributed by atoms with E-state index in [1.807, 2.05) is 0 Å². The largest absolute Gasteiger partial charge is 0.345 e. The highest BCUT2D eigenvalue weighted by Crippen LogP contribution is 2.50. The third kappa shape index (κ3) is 2.07. The predicted octanol–water partition coefficient (Wildman–Crippen LogP) is 5.50. The van der Waals surface area contributed by atoms with E-state index in [1.165, 1.54) is 27.7 Å². The molecule has 0 fully saturated rings. The Morgan fingerprint density at radius 3 is 2.48 bits per heavy atom. The van der Waals surface area contributed by atoms with E-state index < -0.39 is 0 Å². The standard InChI is InChI=1S/C20H25N/c1-6-21-17-12-11-15-9-7-8-10-16(15)19(17)20(4,5)18(21)13-14(2)3/h7-14H,6H2,1-5H3/b18-13+. The van der Waals surface area contributed by atoms with E-state index in [-0.39, 0.29) is 5.41 Å². The van der Waals surface area contributed by atoms with Gasteiger partial charge < -0.3 is 4.90 Å². The molecule has 0 saturated heterocycles. The Morgan fingerprint density at radius 2 is 1.81 bits per heavy atom. The molecule has 0 saturated carbocycles. The van der Waals surface area contributed by atoms with Crippen molar-refractivity contribution in [3.05, 3.63) is 53.7 Å². The highest BCUT2D eigenvalue weighted by molar-refractivity contribution is 5.94. The summed E-state index contributed by atoms with van der Waals surface area (Å²) in [6, 6.07) is 13.3. The summed E-state index contributed by atoms with van der Waals surface area (Å²) in [5.41, 5.74) is 4.38. The summed E-state index contributed by atoms with van der Waals surface area (Å²) < 4.78 is 0. The zero-order valence-electron chi connectivity index (χ0n) is 13.8. The highest BCUT2D eigenvalue weighted by Gasteiger charge is 2.40. The second-order valence-corrected chi connectivity index (χ2v) is 6.85. The van der Waals surface area contributed by atoms with Gasteiger partial charge in [-0.3, -0.25) is 0 Å². The van der Waals surface area contributed by atoms with Crippen LogP contribution in [-0.4, -0.2) is 6.54 Å². The van der Waals surface area contributed by atoms with Crippen molar-refractivity contribution in [1.29, 1.82) is 0 Å². The van der Waals surface area contributed by atoms with Gasteiger partial charge in [0.05, 0.1) is 0 Å². The van der Waals surface area contributed by atoms with Gasteiger partial charge in [-0.2, -0.15) is 0 Å². The molecule has 1 aliphatic heterocycles. The molecule has 1 nitrogen and oxygen atoms in total. The Hall–Kier alpha value is -1.76. The molecular weight excluding hydrogens is 254 g/mol. The Balaban J connectivity index is 2.34. The molecule has 0 unspecified atom stereocenters. The maximum absolute atomic E-state index is 2.49. The van der Waals surface area contributed by atoms with Crippen molar-refractivity contribution in [3.8, 4) is 0 Å². The van der Waals surface area contributed by atoms with Crippen LogP contribution >= 0.6 is 0 Å². The van der Waals surface area contributed by atoms with E-state index in [0.717, 1.165) is 6.54 Å². The van der Waals surface area contributed by atoms with Crippen molar-refractivity contribution in [2.24, 2.45) is 5.92 Å². The molecule has 0 N–H and O–H groups in total. The van der Waals surface area contributed by atoms with Gasteiger partial charge in [0.1, 0.15) is 0 Å². The van der Waals surface area contributed by atoms with E-state index in [9.17, 15) is 0 Å². The van der Waals surface area contributed by atoms with Gasteiger partial charge in [0.2, 0.25) is 0 Å². The number of benzene rings is 2. The van der Waals surface area contributed by atoms with Gasteiger partial charge in [-0.15, -0.1) is 0 Å². The normalized spacial score (nSPS) is 18.8. The Morgan fingerprint density at radius 1 is 1.10 bits per heavy atom. The van der Waals surface area contributed by atoms with Gasteiger partial charge in [-0.05, 0) is 35.2 Å². The summed E-state index contributed by atoms with van der Waals surface area (Å²) >= 11 is 0. The number of hydrogen-bond donors (Lipinski definition) is 0. The molecule has 0 amide bonds. The van der Waals surface area contributed by atoms with E-state index in [2.05, 4.69) is 82.0 Å². The monoisotopic (exact) mass is 279 g/mol. The van der Waals surface area contributed by atoms with Crippen molar-refractivity contribution in [1.82, 2.24) is 0 Å². The fourth-order valence-corrected chi connectivity index (χ4v) is 3.69. The summed E-state index contributed by atoms with van der Waals surface area (Å²) in [5.74, 6) is 0.564. The summed E-state index contributed by atoms with van der Waals surface area (Å²) in [6.07, 6.45) is 2.43. The lowest BCUT2D eigenvalue weighted by Gasteiger charge is -2.27. The van der Waals surface area contributed by atoms with Crippen LogP contribution in [0.4, 0.5) is 5.69 Å². The summed E-state index contributed by atoms with van der Waals surface area (Å²) in [4.78, 5) is 2.49. The SMILES string of the molecule is CCN1/C(=C/C(C)C)C(C)(C)c2c1ccc1ccccc21. The number of anilines is 1. The maximum atomic E-state index is 2.49.